The second-order valence-corrected chi connectivity index (χ2v) is 3.91. The van der Waals surface area contributed by atoms with Gasteiger partial charge in [-0.25, -0.2) is 0 Å². The fourth-order valence-corrected chi connectivity index (χ4v) is 1.81. The van der Waals surface area contributed by atoms with Crippen LogP contribution in [0.3, 0.4) is 0 Å². The summed E-state index contributed by atoms with van der Waals surface area (Å²) in [6.07, 6.45) is 1.05. The standard InChI is InChI=1S/C12H13NO2.C2H6.H2/c1-8-2-4-9(5-3-8)10-6-7-11(14)13-12(10)15;1-2;/h2-5,10H,6-7H2,1H3,(H,13,14,15);1-2H3;1H. The molecule has 1 aliphatic heterocycles. The van der Waals surface area contributed by atoms with Crippen LogP contribution in [0.15, 0.2) is 24.3 Å². The molecule has 3 nitrogen and oxygen atoms in total. The molecular weight excluding hydrogens is 214 g/mol. The maximum absolute atomic E-state index is 11.6. The molecule has 2 amide bonds. The summed E-state index contributed by atoms with van der Waals surface area (Å²) in [7, 11) is 0. The Hall–Kier alpha value is -1.64. The number of aryl methyl sites for hydroxylation is 1. The van der Waals surface area contributed by atoms with E-state index in [1.54, 1.807) is 0 Å². The molecule has 1 atom stereocenters. The molecule has 1 aliphatic rings. The largest absolute Gasteiger partial charge is 0.296 e. The van der Waals surface area contributed by atoms with Gasteiger partial charge in [0.05, 0.1) is 5.92 Å². The number of imide groups is 1. The van der Waals surface area contributed by atoms with Gasteiger partial charge in [0.2, 0.25) is 11.8 Å². The maximum atomic E-state index is 11.6. The molecule has 1 saturated heterocycles. The molecule has 1 fully saturated rings. The van der Waals surface area contributed by atoms with Gasteiger partial charge in [0.15, 0.2) is 0 Å². The summed E-state index contributed by atoms with van der Waals surface area (Å²) in [5.74, 6) is -0.498. The highest BCUT2D eigenvalue weighted by Gasteiger charge is 2.27. The number of piperidine rings is 1. The van der Waals surface area contributed by atoms with Crippen molar-refractivity contribution in [2.75, 3.05) is 0 Å². The van der Waals surface area contributed by atoms with Crippen LogP contribution in [0.2, 0.25) is 0 Å². The van der Waals surface area contributed by atoms with Crippen LogP contribution in [0.4, 0.5) is 0 Å². The smallest absolute Gasteiger partial charge is 0.234 e. The number of hydrogen-bond acceptors (Lipinski definition) is 2. The van der Waals surface area contributed by atoms with Crippen LogP contribution in [0.25, 0.3) is 0 Å². The quantitative estimate of drug-likeness (QED) is 0.761. The van der Waals surface area contributed by atoms with Crippen molar-refractivity contribution in [2.24, 2.45) is 0 Å². The Balaban J connectivity index is 0.000000917. The molecule has 0 radical (unpaired) electrons. The SMILES string of the molecule is CC.Cc1ccc(C2CCC(=O)NC2=O)cc1.[HH]. The van der Waals surface area contributed by atoms with Crippen LogP contribution in [0.5, 0.6) is 0 Å². The molecule has 0 aromatic heterocycles. The summed E-state index contributed by atoms with van der Waals surface area (Å²) in [4.78, 5) is 22.5. The molecule has 1 heterocycles. The van der Waals surface area contributed by atoms with Gasteiger partial charge in [-0.1, -0.05) is 43.7 Å². The Morgan fingerprint density at radius 2 is 1.76 bits per heavy atom. The van der Waals surface area contributed by atoms with Crippen molar-refractivity contribution in [1.82, 2.24) is 5.32 Å². The Morgan fingerprint density at radius 3 is 2.29 bits per heavy atom. The Morgan fingerprint density at radius 1 is 1.18 bits per heavy atom. The summed E-state index contributed by atoms with van der Waals surface area (Å²) in [6.45, 7) is 6.01. The average molecular weight is 235 g/mol. The van der Waals surface area contributed by atoms with E-state index in [1.807, 2.05) is 45.0 Å². The van der Waals surface area contributed by atoms with E-state index < -0.39 is 0 Å². The van der Waals surface area contributed by atoms with Crippen LogP contribution < -0.4 is 5.32 Å². The van der Waals surface area contributed by atoms with Gasteiger partial charge in [-0.2, -0.15) is 0 Å². The molecule has 1 aromatic carbocycles. The molecule has 1 aromatic rings. The van der Waals surface area contributed by atoms with Gasteiger partial charge in [0.25, 0.3) is 0 Å². The number of carbonyl (C=O) groups is 2. The predicted molar refractivity (Wildman–Crippen MR) is 69.8 cm³/mol. The Labute approximate surface area is 104 Å². The zero-order chi connectivity index (χ0) is 12.8. The van der Waals surface area contributed by atoms with Crippen molar-refractivity contribution >= 4 is 11.8 Å². The highest BCUT2D eigenvalue weighted by atomic mass is 16.2. The molecule has 1 unspecified atom stereocenters. The van der Waals surface area contributed by atoms with E-state index >= 15 is 0 Å². The van der Waals surface area contributed by atoms with E-state index in [-0.39, 0.29) is 19.2 Å². The van der Waals surface area contributed by atoms with Gasteiger partial charge in [-0.15, -0.1) is 0 Å². The predicted octanol–water partition coefficient (Wildman–Crippen LogP) is 2.79. The number of rotatable bonds is 1. The monoisotopic (exact) mass is 235 g/mol. The number of nitrogens with one attached hydrogen (secondary N) is 1. The average Bonchev–Trinajstić information content (AvgIpc) is 2.33. The zero-order valence-electron chi connectivity index (χ0n) is 10.6. The van der Waals surface area contributed by atoms with Crippen molar-refractivity contribution < 1.29 is 11.0 Å². The van der Waals surface area contributed by atoms with Gasteiger partial charge in [0.1, 0.15) is 0 Å². The first kappa shape index (κ1) is 13.4. The van der Waals surface area contributed by atoms with Crippen molar-refractivity contribution in [2.45, 2.75) is 39.5 Å². The van der Waals surface area contributed by atoms with E-state index in [1.165, 1.54) is 5.56 Å². The van der Waals surface area contributed by atoms with Crippen LogP contribution >= 0.6 is 0 Å². The number of benzene rings is 1. The van der Waals surface area contributed by atoms with Gasteiger partial charge in [-0.3, -0.25) is 14.9 Å². The first-order valence-electron chi connectivity index (χ1n) is 6.07. The number of hydrogen-bond donors (Lipinski definition) is 1. The van der Waals surface area contributed by atoms with Crippen LogP contribution in [-0.4, -0.2) is 11.8 Å². The molecule has 0 spiro atoms. The second-order valence-electron chi connectivity index (χ2n) is 3.91. The van der Waals surface area contributed by atoms with Crippen LogP contribution in [0, 0.1) is 6.92 Å². The molecule has 94 valence electrons. The summed E-state index contributed by atoms with van der Waals surface area (Å²) in [5.41, 5.74) is 2.16. The van der Waals surface area contributed by atoms with E-state index in [0.717, 1.165) is 5.56 Å². The Kier molecular flexibility index (Phi) is 4.88. The first-order chi connectivity index (χ1) is 8.16. The van der Waals surface area contributed by atoms with E-state index in [4.69, 9.17) is 0 Å². The summed E-state index contributed by atoms with van der Waals surface area (Å²) >= 11 is 0. The van der Waals surface area contributed by atoms with Crippen molar-refractivity contribution in [3.8, 4) is 0 Å². The number of amides is 2. The maximum Gasteiger partial charge on any atom is 0.234 e. The minimum atomic E-state index is -0.171. The second kappa shape index (κ2) is 6.18. The molecule has 1 N–H and O–H groups in total. The van der Waals surface area contributed by atoms with Crippen molar-refractivity contribution in [3.05, 3.63) is 35.4 Å². The van der Waals surface area contributed by atoms with Crippen molar-refractivity contribution in [3.63, 3.8) is 0 Å². The molecule has 0 saturated carbocycles. The van der Waals surface area contributed by atoms with Gasteiger partial charge in [-0.05, 0) is 18.9 Å². The fraction of sp³-hybridized carbons (Fsp3) is 0.429. The third-order valence-electron chi connectivity index (χ3n) is 2.72. The summed E-state index contributed by atoms with van der Waals surface area (Å²) in [5, 5.41) is 2.36. The van der Waals surface area contributed by atoms with Gasteiger partial charge < -0.3 is 0 Å². The third kappa shape index (κ3) is 3.41. The Bertz CT molecular complexity index is 401. The minimum Gasteiger partial charge on any atom is -0.296 e. The lowest BCUT2D eigenvalue weighted by Crippen LogP contribution is -2.39. The van der Waals surface area contributed by atoms with E-state index in [0.29, 0.717) is 12.8 Å². The van der Waals surface area contributed by atoms with Gasteiger partial charge in [0, 0.05) is 7.85 Å². The lowest BCUT2D eigenvalue weighted by atomic mass is 9.90. The number of carbonyl (C=O) groups excluding carboxylic acids is 2. The lowest BCUT2D eigenvalue weighted by molar-refractivity contribution is -0.134. The normalized spacial score (nSPS) is 19.1. The van der Waals surface area contributed by atoms with Crippen LogP contribution in [0.1, 0.15) is 45.2 Å². The molecule has 2 rings (SSSR count). The summed E-state index contributed by atoms with van der Waals surface area (Å²) < 4.78 is 0. The minimum absolute atomic E-state index is 0. The topological polar surface area (TPSA) is 46.2 Å². The lowest BCUT2D eigenvalue weighted by Gasteiger charge is -2.21. The first-order valence-corrected chi connectivity index (χ1v) is 6.07. The molecule has 0 bridgehead atoms. The molecule has 17 heavy (non-hydrogen) atoms. The van der Waals surface area contributed by atoms with Crippen LogP contribution in [-0.2, 0) is 9.59 Å². The molecule has 3 heteroatoms. The highest BCUT2D eigenvalue weighted by Crippen LogP contribution is 2.24. The van der Waals surface area contributed by atoms with Crippen molar-refractivity contribution in [1.29, 1.82) is 0 Å². The highest BCUT2D eigenvalue weighted by molar-refractivity contribution is 6.00. The fourth-order valence-electron chi connectivity index (χ4n) is 1.81. The van der Waals surface area contributed by atoms with E-state index in [2.05, 4.69) is 5.32 Å². The zero-order valence-corrected chi connectivity index (χ0v) is 10.6. The molecular formula is C14H21NO2. The van der Waals surface area contributed by atoms with E-state index in [9.17, 15) is 9.59 Å². The van der Waals surface area contributed by atoms with Gasteiger partial charge >= 0.3 is 0 Å². The summed E-state index contributed by atoms with van der Waals surface area (Å²) in [6, 6.07) is 7.88. The third-order valence-corrected chi connectivity index (χ3v) is 2.72. The molecule has 0 aliphatic carbocycles.